The summed E-state index contributed by atoms with van der Waals surface area (Å²) >= 11 is 0. The van der Waals surface area contributed by atoms with Crippen LogP contribution in [-0.4, -0.2) is 24.9 Å². The highest BCUT2D eigenvalue weighted by atomic mass is 19.4. The van der Waals surface area contributed by atoms with E-state index in [1.807, 2.05) is 0 Å². The zero-order chi connectivity index (χ0) is 21.2. The molecule has 1 N–H and O–H groups in total. The molecule has 2 aromatic rings. The highest BCUT2D eigenvalue weighted by molar-refractivity contribution is 5.70. The lowest BCUT2D eigenvalue weighted by atomic mass is 9.83. The number of hydrogen-bond donors (Lipinski definition) is 1. The first-order chi connectivity index (χ1) is 13.8. The van der Waals surface area contributed by atoms with Crippen molar-refractivity contribution in [3.05, 3.63) is 64.7 Å². The van der Waals surface area contributed by atoms with Gasteiger partial charge in [-0.3, -0.25) is 0 Å². The molecular weight excluding hydrogens is 389 g/mol. The molecule has 0 bridgehead atoms. The number of benzene rings is 1. The first kappa shape index (κ1) is 20.5. The number of fused-ring (bicyclic) bond motifs is 1. The van der Waals surface area contributed by atoms with Gasteiger partial charge in [-0.05, 0) is 31.5 Å². The van der Waals surface area contributed by atoms with Gasteiger partial charge in [0.1, 0.15) is 5.76 Å². The normalized spacial score (nSPS) is 16.0. The van der Waals surface area contributed by atoms with Crippen molar-refractivity contribution in [1.29, 1.82) is 0 Å². The number of alkyl halides is 3. The van der Waals surface area contributed by atoms with Gasteiger partial charge in [0.15, 0.2) is 0 Å². The van der Waals surface area contributed by atoms with Crippen molar-refractivity contribution in [3.63, 3.8) is 0 Å². The van der Waals surface area contributed by atoms with Gasteiger partial charge >= 0.3 is 12.3 Å². The van der Waals surface area contributed by atoms with Crippen molar-refractivity contribution in [2.75, 3.05) is 19.0 Å². The summed E-state index contributed by atoms with van der Waals surface area (Å²) in [5.41, 5.74) is 0.277. The predicted molar refractivity (Wildman–Crippen MR) is 98.5 cm³/mol. The van der Waals surface area contributed by atoms with Gasteiger partial charge in [0, 0.05) is 11.9 Å². The third kappa shape index (κ3) is 3.98. The molecule has 0 radical (unpaired) electrons. The smallest absolute Gasteiger partial charge is 0.481 e. The average molecular weight is 408 g/mol. The number of ether oxygens (including phenoxy) is 3. The fourth-order valence-electron chi connectivity index (χ4n) is 3.29. The van der Waals surface area contributed by atoms with E-state index in [1.165, 1.54) is 31.5 Å². The summed E-state index contributed by atoms with van der Waals surface area (Å²) in [4.78, 5) is 16.1. The Labute approximate surface area is 165 Å². The van der Waals surface area contributed by atoms with Gasteiger partial charge in [-0.25, -0.2) is 9.78 Å². The van der Waals surface area contributed by atoms with Crippen molar-refractivity contribution < 1.29 is 32.2 Å². The van der Waals surface area contributed by atoms with Crippen LogP contribution in [-0.2, 0) is 15.7 Å². The van der Waals surface area contributed by atoms with Crippen LogP contribution < -0.4 is 10.1 Å². The molecule has 1 aromatic carbocycles. The van der Waals surface area contributed by atoms with Crippen LogP contribution >= 0.6 is 0 Å². The van der Waals surface area contributed by atoms with Gasteiger partial charge in [-0.15, -0.1) is 0 Å². The summed E-state index contributed by atoms with van der Waals surface area (Å²) in [7, 11) is 1.37. The minimum Gasteiger partial charge on any atom is -0.481 e. The highest BCUT2D eigenvalue weighted by Crippen LogP contribution is 2.48. The number of nitrogens with zero attached hydrogens (tertiary/aromatic N) is 1. The highest BCUT2D eigenvalue weighted by Gasteiger charge is 2.41. The molecule has 0 saturated carbocycles. The Kier molecular flexibility index (Phi) is 5.67. The number of carbonyl (C=O) groups is 1. The molecule has 2 heterocycles. The van der Waals surface area contributed by atoms with E-state index in [1.54, 1.807) is 19.9 Å². The van der Waals surface area contributed by atoms with Crippen LogP contribution in [0, 0.1) is 0 Å². The maximum Gasteiger partial charge on any atom is 0.513 e. The third-order valence-corrected chi connectivity index (χ3v) is 4.42. The lowest BCUT2D eigenvalue weighted by molar-refractivity contribution is -0.138. The lowest BCUT2D eigenvalue weighted by Crippen LogP contribution is -2.25. The van der Waals surface area contributed by atoms with Crippen molar-refractivity contribution in [1.82, 2.24) is 4.98 Å². The molecule has 29 heavy (non-hydrogen) atoms. The fourth-order valence-corrected chi connectivity index (χ4v) is 3.29. The predicted octanol–water partition coefficient (Wildman–Crippen LogP) is 5.07. The van der Waals surface area contributed by atoms with Gasteiger partial charge in [-0.1, -0.05) is 18.2 Å². The molecular formula is C20H19F3N2O4. The number of methoxy groups -OCH3 is 1. The van der Waals surface area contributed by atoms with Crippen LogP contribution in [0.25, 0.3) is 0 Å². The number of anilines is 1. The zero-order valence-electron chi connectivity index (χ0n) is 16.0. The van der Waals surface area contributed by atoms with E-state index >= 15 is 0 Å². The molecule has 0 spiro atoms. The van der Waals surface area contributed by atoms with Crippen molar-refractivity contribution >= 4 is 11.8 Å². The molecule has 0 aliphatic carbocycles. The van der Waals surface area contributed by atoms with Gasteiger partial charge in [0.2, 0.25) is 5.88 Å². The number of halogens is 3. The summed E-state index contributed by atoms with van der Waals surface area (Å²) in [6.07, 6.45) is -4.15. The maximum absolute atomic E-state index is 13.8. The van der Waals surface area contributed by atoms with E-state index in [2.05, 4.69) is 10.3 Å². The second-order valence-electron chi connectivity index (χ2n) is 6.20. The van der Waals surface area contributed by atoms with Crippen LogP contribution in [0.1, 0.15) is 36.5 Å². The first-order valence-corrected chi connectivity index (χ1v) is 8.79. The Hall–Kier alpha value is -3.23. The van der Waals surface area contributed by atoms with E-state index in [9.17, 15) is 18.0 Å². The molecule has 3 rings (SSSR count). The Bertz CT molecular complexity index is 957. The summed E-state index contributed by atoms with van der Waals surface area (Å²) in [6.45, 7) is 3.26. The maximum atomic E-state index is 13.8. The summed E-state index contributed by atoms with van der Waals surface area (Å²) in [5, 5.41) is 3.04. The summed E-state index contributed by atoms with van der Waals surface area (Å²) in [6, 6.07) is 6.74. The van der Waals surface area contributed by atoms with Gasteiger partial charge in [0.05, 0.1) is 36.5 Å². The topological polar surface area (TPSA) is 69.7 Å². The Morgan fingerprint density at radius 1 is 1.24 bits per heavy atom. The Morgan fingerprint density at radius 3 is 2.62 bits per heavy atom. The monoisotopic (exact) mass is 408 g/mol. The molecule has 0 saturated heterocycles. The molecule has 1 unspecified atom stereocenters. The van der Waals surface area contributed by atoms with E-state index in [4.69, 9.17) is 14.2 Å². The van der Waals surface area contributed by atoms with Gasteiger partial charge in [0.25, 0.3) is 0 Å². The Balaban J connectivity index is 2.26. The molecule has 1 aromatic heterocycles. The SMILES string of the molecule is CCOC(=O)OC1=C(C)Nc2ccnc(OC)c2C1c1ccccc1C(F)(F)F. The van der Waals surface area contributed by atoms with Crippen LogP contribution in [0.5, 0.6) is 5.88 Å². The number of rotatable bonds is 4. The standard InChI is InChI=1S/C20H19F3N2O4/c1-4-28-19(26)29-17-11(2)25-14-9-10-24-18(27-3)16(14)15(17)12-7-5-6-8-13(12)20(21,22)23/h5-10,15,25H,4H2,1-3H3. The minimum absolute atomic E-state index is 0.0149. The third-order valence-electron chi connectivity index (χ3n) is 4.42. The lowest BCUT2D eigenvalue weighted by Gasteiger charge is -2.31. The number of aromatic nitrogens is 1. The van der Waals surface area contributed by atoms with Crippen LogP contribution in [0.3, 0.4) is 0 Å². The summed E-state index contributed by atoms with van der Waals surface area (Å²) < 4.78 is 56.7. The van der Waals surface area contributed by atoms with Crippen molar-refractivity contribution in [2.24, 2.45) is 0 Å². The van der Waals surface area contributed by atoms with Crippen LogP contribution in [0.15, 0.2) is 48.0 Å². The molecule has 0 fully saturated rings. The van der Waals surface area contributed by atoms with E-state index in [-0.39, 0.29) is 23.8 Å². The Morgan fingerprint density at radius 2 is 1.97 bits per heavy atom. The van der Waals surface area contributed by atoms with Gasteiger partial charge < -0.3 is 19.5 Å². The quantitative estimate of drug-likeness (QED) is 0.713. The zero-order valence-corrected chi connectivity index (χ0v) is 16.0. The van der Waals surface area contributed by atoms with E-state index in [0.717, 1.165) is 6.07 Å². The van der Waals surface area contributed by atoms with Crippen LogP contribution in [0.2, 0.25) is 0 Å². The number of pyridine rings is 1. The number of allylic oxidation sites excluding steroid dienone is 2. The molecule has 6 nitrogen and oxygen atoms in total. The number of nitrogens with one attached hydrogen (secondary N) is 1. The minimum atomic E-state index is -4.61. The fraction of sp³-hybridized carbons (Fsp3) is 0.300. The molecule has 9 heteroatoms. The van der Waals surface area contributed by atoms with Crippen molar-refractivity contribution in [3.8, 4) is 5.88 Å². The second kappa shape index (κ2) is 8.02. The molecule has 154 valence electrons. The van der Waals surface area contributed by atoms with Crippen molar-refractivity contribution in [2.45, 2.75) is 25.9 Å². The first-order valence-electron chi connectivity index (χ1n) is 8.79. The largest absolute Gasteiger partial charge is 0.513 e. The van der Waals surface area contributed by atoms with E-state index < -0.39 is 23.8 Å². The summed E-state index contributed by atoms with van der Waals surface area (Å²) in [5.74, 6) is -0.981. The molecule has 1 aliphatic heterocycles. The van der Waals surface area contributed by atoms with Crippen LogP contribution in [0.4, 0.5) is 23.7 Å². The number of hydrogen-bond acceptors (Lipinski definition) is 6. The second-order valence-corrected chi connectivity index (χ2v) is 6.20. The number of carbonyl (C=O) groups excluding carboxylic acids is 1. The van der Waals surface area contributed by atoms with E-state index in [0.29, 0.717) is 16.9 Å². The average Bonchev–Trinajstić information content (AvgIpc) is 2.67. The molecule has 0 amide bonds. The van der Waals surface area contributed by atoms with Gasteiger partial charge in [-0.2, -0.15) is 13.2 Å². The molecule has 1 aliphatic rings. The molecule has 1 atom stereocenters.